The summed E-state index contributed by atoms with van der Waals surface area (Å²) in [5.41, 5.74) is 0.320. The highest BCUT2D eigenvalue weighted by Gasteiger charge is 2.19. The number of nitrogens with zero attached hydrogens (tertiary/aromatic N) is 3. The van der Waals surface area contributed by atoms with E-state index in [9.17, 15) is 9.18 Å². The molecular formula is C20H22FN3OS2. The van der Waals surface area contributed by atoms with Gasteiger partial charge in [0.2, 0.25) is 0 Å². The number of hydrogen-bond acceptors (Lipinski definition) is 5. The van der Waals surface area contributed by atoms with Gasteiger partial charge in [0.15, 0.2) is 5.13 Å². The first-order valence-electron chi connectivity index (χ1n) is 8.92. The van der Waals surface area contributed by atoms with Crippen LogP contribution in [0.25, 0.3) is 16.3 Å². The van der Waals surface area contributed by atoms with E-state index >= 15 is 0 Å². The van der Waals surface area contributed by atoms with Crippen LogP contribution in [0.1, 0.15) is 18.7 Å². The summed E-state index contributed by atoms with van der Waals surface area (Å²) in [6.45, 7) is 7.27. The second kappa shape index (κ2) is 9.21. The number of fused-ring (bicyclic) bond motifs is 1. The van der Waals surface area contributed by atoms with E-state index < -0.39 is 0 Å². The molecule has 1 aromatic carbocycles. The van der Waals surface area contributed by atoms with Gasteiger partial charge in [0.1, 0.15) is 11.3 Å². The van der Waals surface area contributed by atoms with Gasteiger partial charge in [-0.25, -0.2) is 9.37 Å². The van der Waals surface area contributed by atoms with Gasteiger partial charge in [0.05, 0.1) is 4.70 Å². The molecule has 0 spiro atoms. The highest BCUT2D eigenvalue weighted by Crippen LogP contribution is 2.30. The lowest BCUT2D eigenvalue weighted by atomic mass is 10.3. The molecule has 0 atom stereocenters. The molecule has 0 aliphatic rings. The monoisotopic (exact) mass is 403 g/mol. The smallest absolute Gasteiger partial charge is 0.252 e. The maximum Gasteiger partial charge on any atom is 0.252 e. The number of para-hydroxylation sites is 1. The van der Waals surface area contributed by atoms with Crippen LogP contribution >= 0.6 is 22.7 Å². The Labute approximate surface area is 166 Å². The highest BCUT2D eigenvalue weighted by molar-refractivity contribution is 7.22. The van der Waals surface area contributed by atoms with Crippen LogP contribution in [-0.2, 0) is 4.79 Å². The van der Waals surface area contributed by atoms with E-state index in [1.807, 2.05) is 29.7 Å². The highest BCUT2D eigenvalue weighted by atomic mass is 32.1. The van der Waals surface area contributed by atoms with Crippen molar-refractivity contribution in [3.05, 3.63) is 52.5 Å². The number of thiazole rings is 1. The molecule has 2 heterocycles. The normalized spacial score (nSPS) is 11.7. The van der Waals surface area contributed by atoms with Crippen molar-refractivity contribution in [3.63, 3.8) is 0 Å². The molecule has 2 aromatic heterocycles. The first kappa shape index (κ1) is 19.7. The molecule has 142 valence electrons. The third-order valence-electron chi connectivity index (χ3n) is 4.32. The molecule has 4 nitrogen and oxygen atoms in total. The Kier molecular flexibility index (Phi) is 6.71. The molecule has 3 rings (SSSR count). The number of amides is 1. The van der Waals surface area contributed by atoms with Crippen molar-refractivity contribution < 1.29 is 9.18 Å². The fraction of sp³-hybridized carbons (Fsp3) is 0.300. The Balaban J connectivity index is 1.87. The van der Waals surface area contributed by atoms with Gasteiger partial charge in [0, 0.05) is 24.0 Å². The van der Waals surface area contributed by atoms with Gasteiger partial charge in [-0.15, -0.1) is 11.3 Å². The Hall–Kier alpha value is -2.09. The van der Waals surface area contributed by atoms with Gasteiger partial charge >= 0.3 is 0 Å². The zero-order chi connectivity index (χ0) is 19.2. The van der Waals surface area contributed by atoms with E-state index in [1.165, 1.54) is 17.4 Å². The van der Waals surface area contributed by atoms with Crippen molar-refractivity contribution in [2.75, 3.05) is 31.1 Å². The predicted molar refractivity (Wildman–Crippen MR) is 113 cm³/mol. The summed E-state index contributed by atoms with van der Waals surface area (Å²) < 4.78 is 14.8. The van der Waals surface area contributed by atoms with Crippen molar-refractivity contribution in [1.82, 2.24) is 9.88 Å². The first-order chi connectivity index (χ1) is 13.1. The van der Waals surface area contributed by atoms with Gasteiger partial charge in [-0.1, -0.05) is 37.3 Å². The van der Waals surface area contributed by atoms with Crippen molar-refractivity contribution in [1.29, 1.82) is 0 Å². The molecule has 3 aromatic rings. The summed E-state index contributed by atoms with van der Waals surface area (Å²) >= 11 is 2.92. The Morgan fingerprint density at radius 2 is 2.00 bits per heavy atom. The summed E-state index contributed by atoms with van der Waals surface area (Å²) in [6.07, 6.45) is 3.38. The predicted octanol–water partition coefficient (Wildman–Crippen LogP) is 4.89. The number of likely N-dealkylation sites (N-methyl/N-ethyl adjacent to an activating group) is 1. The minimum atomic E-state index is -0.361. The largest absolute Gasteiger partial charge is 0.302 e. The number of halogens is 1. The van der Waals surface area contributed by atoms with Gasteiger partial charge in [0.25, 0.3) is 5.91 Å². The molecule has 7 heteroatoms. The molecule has 0 aliphatic carbocycles. The van der Waals surface area contributed by atoms with E-state index in [1.54, 1.807) is 28.4 Å². The topological polar surface area (TPSA) is 36.4 Å². The molecule has 0 radical (unpaired) electrons. The van der Waals surface area contributed by atoms with Crippen LogP contribution in [0.2, 0.25) is 0 Å². The van der Waals surface area contributed by atoms with Gasteiger partial charge < -0.3 is 4.90 Å². The lowest BCUT2D eigenvalue weighted by molar-refractivity contribution is -0.114. The fourth-order valence-electron chi connectivity index (χ4n) is 2.73. The van der Waals surface area contributed by atoms with Crippen LogP contribution in [-0.4, -0.2) is 42.0 Å². The maximum absolute atomic E-state index is 14.0. The average Bonchev–Trinajstić information content (AvgIpc) is 3.33. The zero-order valence-electron chi connectivity index (χ0n) is 15.4. The van der Waals surface area contributed by atoms with Gasteiger partial charge in [-0.3, -0.25) is 9.69 Å². The number of hydrogen-bond donors (Lipinski definition) is 0. The lowest BCUT2D eigenvalue weighted by Crippen LogP contribution is -2.38. The van der Waals surface area contributed by atoms with E-state index in [2.05, 4.69) is 23.7 Å². The fourth-order valence-corrected chi connectivity index (χ4v) is 4.36. The van der Waals surface area contributed by atoms with E-state index in [0.717, 1.165) is 29.2 Å². The Bertz CT molecular complexity index is 917. The molecule has 1 amide bonds. The van der Waals surface area contributed by atoms with E-state index in [0.29, 0.717) is 17.2 Å². The average molecular weight is 404 g/mol. The lowest BCUT2D eigenvalue weighted by Gasteiger charge is -2.23. The third kappa shape index (κ3) is 4.80. The number of rotatable bonds is 8. The van der Waals surface area contributed by atoms with Crippen molar-refractivity contribution in [2.24, 2.45) is 0 Å². The van der Waals surface area contributed by atoms with Crippen LogP contribution in [0.5, 0.6) is 0 Å². The number of carbonyl (C=O) groups is 1. The molecule has 0 saturated carbocycles. The zero-order valence-corrected chi connectivity index (χ0v) is 17.0. The van der Waals surface area contributed by atoms with Gasteiger partial charge in [-0.05, 0) is 42.7 Å². The minimum absolute atomic E-state index is 0.143. The second-order valence-electron chi connectivity index (χ2n) is 5.95. The number of benzene rings is 1. The van der Waals surface area contributed by atoms with E-state index in [-0.39, 0.29) is 11.7 Å². The summed E-state index contributed by atoms with van der Waals surface area (Å²) in [6, 6.07) is 8.79. The Morgan fingerprint density at radius 3 is 2.67 bits per heavy atom. The van der Waals surface area contributed by atoms with Crippen molar-refractivity contribution >= 4 is 50.0 Å². The molecule has 0 N–H and O–H groups in total. The van der Waals surface area contributed by atoms with Crippen LogP contribution in [0.3, 0.4) is 0 Å². The summed E-state index contributed by atoms with van der Waals surface area (Å²) in [4.78, 5) is 22.2. The molecule has 0 saturated heterocycles. The number of anilines is 1. The first-order valence-corrected chi connectivity index (χ1v) is 10.6. The quantitative estimate of drug-likeness (QED) is 0.503. The number of thiophene rings is 1. The molecule has 0 aliphatic heterocycles. The van der Waals surface area contributed by atoms with Crippen LogP contribution < -0.4 is 4.90 Å². The SMILES string of the molecule is CCN(CC)CCN(C(=O)/C=C/c1cccs1)c1nc2c(F)cccc2s1. The summed E-state index contributed by atoms with van der Waals surface area (Å²) in [7, 11) is 0. The van der Waals surface area contributed by atoms with Crippen LogP contribution in [0.4, 0.5) is 9.52 Å². The number of aromatic nitrogens is 1. The Morgan fingerprint density at radius 1 is 1.19 bits per heavy atom. The standard InChI is InChI=1S/C20H22FN3OS2/c1-3-23(4-2)12-13-24(18(25)11-10-15-7-6-14-26-15)20-22-19-16(21)8-5-9-17(19)27-20/h5-11,14H,3-4,12-13H2,1-2H3/b11-10+. The maximum atomic E-state index is 14.0. The number of carbonyl (C=O) groups excluding carboxylic acids is 1. The summed E-state index contributed by atoms with van der Waals surface area (Å²) in [5.74, 6) is -0.504. The molecular weight excluding hydrogens is 381 g/mol. The molecule has 0 fully saturated rings. The molecule has 0 bridgehead atoms. The van der Waals surface area contributed by atoms with Crippen molar-refractivity contribution in [2.45, 2.75) is 13.8 Å². The minimum Gasteiger partial charge on any atom is -0.302 e. The summed E-state index contributed by atoms with van der Waals surface area (Å²) in [5, 5.41) is 2.50. The van der Waals surface area contributed by atoms with Gasteiger partial charge in [-0.2, -0.15) is 0 Å². The second-order valence-corrected chi connectivity index (χ2v) is 7.94. The molecule has 27 heavy (non-hydrogen) atoms. The van der Waals surface area contributed by atoms with E-state index in [4.69, 9.17) is 0 Å². The van der Waals surface area contributed by atoms with Crippen molar-refractivity contribution in [3.8, 4) is 0 Å². The third-order valence-corrected chi connectivity index (χ3v) is 6.20. The molecule has 0 unspecified atom stereocenters. The van der Waals surface area contributed by atoms with Crippen LogP contribution in [0, 0.1) is 5.82 Å². The van der Waals surface area contributed by atoms with Crippen LogP contribution in [0.15, 0.2) is 41.8 Å².